The van der Waals surface area contributed by atoms with Crippen LogP contribution in [0.15, 0.2) is 24.3 Å². The van der Waals surface area contributed by atoms with Gasteiger partial charge < -0.3 is 0 Å². The van der Waals surface area contributed by atoms with Crippen LogP contribution in [0.4, 0.5) is 0 Å². The molecule has 4 atom stereocenters. The molecule has 128 valence electrons. The van der Waals surface area contributed by atoms with Gasteiger partial charge in [-0.1, -0.05) is 36.0 Å². The summed E-state index contributed by atoms with van der Waals surface area (Å²) in [5, 5.41) is -0.405. The predicted octanol–water partition coefficient (Wildman–Crippen LogP) is 3.16. The number of hydrogen-bond donors (Lipinski definition) is 1. The smallest absolute Gasteiger partial charge is 0.229 e. The molecular formula is C18H29N2O2S+. The first-order chi connectivity index (χ1) is 10.9. The number of nitrogens with zero attached hydrogens (tertiary/aromatic N) is 1. The average Bonchev–Trinajstić information content (AvgIpc) is 2.80. The summed E-state index contributed by atoms with van der Waals surface area (Å²) < 4.78 is 26.9. The van der Waals surface area contributed by atoms with Crippen LogP contribution in [0.5, 0.6) is 0 Å². The second-order valence-electron chi connectivity index (χ2n) is 7.44. The zero-order valence-corrected chi connectivity index (χ0v) is 15.3. The summed E-state index contributed by atoms with van der Waals surface area (Å²) in [6.45, 7) is 8.18. The van der Waals surface area contributed by atoms with E-state index in [0.717, 1.165) is 44.3 Å². The van der Waals surface area contributed by atoms with Crippen LogP contribution in [-0.4, -0.2) is 32.1 Å². The van der Waals surface area contributed by atoms with Crippen molar-refractivity contribution in [2.75, 3.05) is 13.1 Å². The molecule has 1 saturated heterocycles. The van der Waals surface area contributed by atoms with Gasteiger partial charge in [0.05, 0.1) is 6.54 Å². The topological polar surface area (TPSA) is 46.2 Å². The van der Waals surface area contributed by atoms with Crippen LogP contribution in [0.1, 0.15) is 56.4 Å². The van der Waals surface area contributed by atoms with Gasteiger partial charge in [-0.2, -0.15) is 0 Å². The highest BCUT2D eigenvalue weighted by Gasteiger charge is 2.47. The van der Waals surface area contributed by atoms with Gasteiger partial charge in [-0.15, -0.1) is 0 Å². The van der Waals surface area contributed by atoms with E-state index in [4.69, 9.17) is 0 Å². The van der Waals surface area contributed by atoms with E-state index in [1.807, 2.05) is 18.2 Å². The Balaban J connectivity index is 1.91. The van der Waals surface area contributed by atoms with E-state index >= 15 is 0 Å². The Hall–Kier alpha value is -0.910. The maximum Gasteiger partial charge on any atom is 0.260 e. The summed E-state index contributed by atoms with van der Waals surface area (Å²) in [6.07, 6.45) is 3.74. The molecule has 0 spiro atoms. The maximum atomic E-state index is 13.2. The molecule has 1 N–H and O–H groups in total. The van der Waals surface area contributed by atoms with Crippen LogP contribution in [0.3, 0.4) is 0 Å². The van der Waals surface area contributed by atoms with Crippen molar-refractivity contribution >= 4 is 10.0 Å². The number of nitrogens with one attached hydrogen (secondary N) is 1. The molecule has 0 radical (unpaired) electrons. The predicted molar refractivity (Wildman–Crippen MR) is 93.1 cm³/mol. The van der Waals surface area contributed by atoms with Gasteiger partial charge >= 0.3 is 0 Å². The fraction of sp³-hybridized carbons (Fsp3) is 0.667. The first-order valence-electron chi connectivity index (χ1n) is 8.85. The van der Waals surface area contributed by atoms with Crippen LogP contribution < -0.4 is 4.83 Å². The van der Waals surface area contributed by atoms with Crippen molar-refractivity contribution in [1.29, 1.82) is 0 Å². The molecule has 1 aromatic rings. The molecule has 5 heteroatoms. The van der Waals surface area contributed by atoms with Crippen molar-refractivity contribution in [1.82, 2.24) is 4.83 Å². The van der Waals surface area contributed by atoms with Crippen molar-refractivity contribution in [2.24, 2.45) is 5.92 Å². The summed E-state index contributed by atoms with van der Waals surface area (Å²) in [5.41, 5.74) is 2.19. The summed E-state index contributed by atoms with van der Waals surface area (Å²) >= 11 is 0. The molecule has 0 bridgehead atoms. The third-order valence-electron chi connectivity index (χ3n) is 5.79. The fourth-order valence-corrected chi connectivity index (χ4v) is 6.63. The molecule has 23 heavy (non-hydrogen) atoms. The number of sulfonamides is 1. The molecular weight excluding hydrogens is 308 g/mol. The molecule has 2 aliphatic rings. The SMILES string of the molecule is CC[N+]1(NS(=O)(=O)C2CCCc3ccccc32)CC(C)CC1C. The van der Waals surface area contributed by atoms with E-state index in [-0.39, 0.29) is 0 Å². The number of aryl methyl sites for hydroxylation is 1. The molecule has 0 saturated carbocycles. The first-order valence-corrected chi connectivity index (χ1v) is 10.4. The summed E-state index contributed by atoms with van der Waals surface area (Å²) in [6, 6.07) is 8.36. The second kappa shape index (κ2) is 6.19. The van der Waals surface area contributed by atoms with Gasteiger partial charge in [-0.25, -0.2) is 13.0 Å². The highest BCUT2D eigenvalue weighted by Crippen LogP contribution is 2.37. The molecule has 1 heterocycles. The van der Waals surface area contributed by atoms with Crippen LogP contribution in [0.2, 0.25) is 0 Å². The van der Waals surface area contributed by atoms with Gasteiger partial charge in [0.1, 0.15) is 17.8 Å². The molecule has 1 aromatic carbocycles. The Kier molecular flexibility index (Phi) is 4.55. The van der Waals surface area contributed by atoms with Crippen LogP contribution in [0, 0.1) is 5.92 Å². The maximum absolute atomic E-state index is 13.2. The van der Waals surface area contributed by atoms with Gasteiger partial charge in [0.25, 0.3) is 10.0 Å². The number of likely N-dealkylation sites (tertiary alicyclic amines) is 1. The van der Waals surface area contributed by atoms with Gasteiger partial charge in [-0.3, -0.25) is 0 Å². The third-order valence-corrected chi connectivity index (χ3v) is 7.64. The average molecular weight is 338 g/mol. The Morgan fingerprint density at radius 2 is 2.00 bits per heavy atom. The van der Waals surface area contributed by atoms with E-state index < -0.39 is 15.3 Å². The van der Waals surface area contributed by atoms with Gasteiger partial charge in [0.15, 0.2) is 0 Å². The van der Waals surface area contributed by atoms with Gasteiger partial charge in [0.2, 0.25) is 0 Å². The first kappa shape index (κ1) is 16.9. The Bertz CT molecular complexity index is 673. The van der Waals surface area contributed by atoms with Crippen molar-refractivity contribution in [2.45, 2.75) is 57.7 Å². The highest BCUT2D eigenvalue weighted by molar-refractivity contribution is 7.89. The standard InChI is InChI=1S/C18H29N2O2S/c1-4-20(13-14(2)12-15(20)3)19-23(21,22)18-11-7-9-16-8-5-6-10-17(16)18/h5-6,8,10,14-15,18-19H,4,7,9,11-13H2,1-3H3/q+1. The molecule has 1 aliphatic heterocycles. The van der Waals surface area contributed by atoms with Crippen molar-refractivity contribution in [3.63, 3.8) is 0 Å². The molecule has 0 amide bonds. The van der Waals surface area contributed by atoms with Crippen LogP contribution in [-0.2, 0) is 16.4 Å². The third kappa shape index (κ3) is 3.06. The molecule has 0 aromatic heterocycles. The monoisotopic (exact) mass is 337 g/mol. The second-order valence-corrected chi connectivity index (χ2v) is 9.28. The molecule has 4 unspecified atom stereocenters. The fourth-order valence-electron chi connectivity index (χ4n) is 4.58. The van der Waals surface area contributed by atoms with E-state index in [2.05, 4.69) is 31.7 Å². The molecule has 1 fully saturated rings. The van der Waals surface area contributed by atoms with E-state index in [1.165, 1.54) is 5.56 Å². The Morgan fingerprint density at radius 3 is 2.65 bits per heavy atom. The van der Waals surface area contributed by atoms with Gasteiger partial charge in [0, 0.05) is 12.3 Å². The number of benzene rings is 1. The van der Waals surface area contributed by atoms with E-state index in [1.54, 1.807) is 0 Å². The normalized spacial score (nSPS) is 34.3. The van der Waals surface area contributed by atoms with E-state index in [0.29, 0.717) is 16.6 Å². The quantitative estimate of drug-likeness (QED) is 0.858. The zero-order chi connectivity index (χ0) is 16.7. The Labute approximate surface area is 140 Å². The lowest BCUT2D eigenvalue weighted by molar-refractivity contribution is -0.965. The largest absolute Gasteiger partial charge is 0.260 e. The number of hydrogen-bond acceptors (Lipinski definition) is 2. The number of quaternary nitrogens is 1. The molecule has 1 aliphatic carbocycles. The van der Waals surface area contributed by atoms with Crippen LogP contribution >= 0.6 is 0 Å². The minimum absolute atomic E-state index is 0.337. The molecule has 3 rings (SSSR count). The van der Waals surface area contributed by atoms with Crippen LogP contribution in [0.25, 0.3) is 0 Å². The summed E-state index contributed by atoms with van der Waals surface area (Å²) in [5.74, 6) is 0.561. The number of fused-ring (bicyclic) bond motifs is 1. The number of rotatable bonds is 4. The van der Waals surface area contributed by atoms with Crippen molar-refractivity contribution < 1.29 is 13.0 Å². The summed E-state index contributed by atoms with van der Waals surface area (Å²) in [4.78, 5) is 3.12. The highest BCUT2D eigenvalue weighted by atomic mass is 32.2. The lowest BCUT2D eigenvalue weighted by atomic mass is 9.91. The minimum atomic E-state index is -3.38. The van der Waals surface area contributed by atoms with Gasteiger partial charge in [-0.05, 0) is 44.2 Å². The summed E-state index contributed by atoms with van der Waals surface area (Å²) in [7, 11) is -3.38. The lowest BCUT2D eigenvalue weighted by Gasteiger charge is -2.38. The molecule has 4 nitrogen and oxygen atoms in total. The zero-order valence-electron chi connectivity index (χ0n) is 14.5. The van der Waals surface area contributed by atoms with Crippen molar-refractivity contribution in [3.8, 4) is 0 Å². The Morgan fingerprint density at radius 1 is 1.26 bits per heavy atom. The van der Waals surface area contributed by atoms with Crippen molar-refractivity contribution in [3.05, 3.63) is 35.4 Å². The van der Waals surface area contributed by atoms with E-state index in [9.17, 15) is 8.42 Å². The minimum Gasteiger partial charge on any atom is -0.229 e. The lowest BCUT2D eigenvalue weighted by Crippen LogP contribution is -2.62.